The van der Waals surface area contributed by atoms with Gasteiger partial charge in [0.05, 0.1) is 18.2 Å². The molecule has 0 N–H and O–H groups in total. The molecule has 3 saturated carbocycles. The van der Waals surface area contributed by atoms with Crippen LogP contribution in [0.2, 0.25) is 0 Å². The van der Waals surface area contributed by atoms with Crippen molar-refractivity contribution in [2.75, 3.05) is 6.61 Å². The molecule has 8 atom stereocenters. The van der Waals surface area contributed by atoms with E-state index in [0.29, 0.717) is 22.8 Å². The topological polar surface area (TPSA) is 59.3 Å². The second-order valence-corrected chi connectivity index (χ2v) is 19.6. The Morgan fingerprint density at radius 2 is 1.43 bits per heavy atom. The summed E-state index contributed by atoms with van der Waals surface area (Å²) in [6.45, 7) is 13.4. The predicted octanol–water partition coefficient (Wildman–Crippen LogP) is 14.5. The van der Waals surface area contributed by atoms with Crippen LogP contribution in [0.4, 0.5) is 0 Å². The summed E-state index contributed by atoms with van der Waals surface area (Å²) in [4.78, 5) is 12.9. The van der Waals surface area contributed by atoms with Gasteiger partial charge in [0.25, 0.3) is 0 Å². The van der Waals surface area contributed by atoms with Crippen LogP contribution in [0.25, 0.3) is 11.1 Å². The number of esters is 1. The summed E-state index contributed by atoms with van der Waals surface area (Å²) in [7, 11) is 0. The van der Waals surface area contributed by atoms with E-state index in [1.54, 1.807) is 5.57 Å². The molecule has 0 heterocycles. The third kappa shape index (κ3) is 10.5. The molecule has 3 fully saturated rings. The second kappa shape index (κ2) is 20.1. The SMILES string of the molecule is CC(C)CCC[C@@H](C)[C@H]1CC[C@H]2[C@@H]3CC=C4C[C@@H](OC(=O)CCCCCCCCCCCOc5ccc(-c6ccc(C#N)cc6)cc5)CC[C@]4(C)[C@H]3CC[C@]12C. The maximum atomic E-state index is 12.9. The first-order valence-corrected chi connectivity index (χ1v) is 23.2. The smallest absolute Gasteiger partial charge is 0.306 e. The standard InChI is InChI=1S/C52H75NO3/c1-38(2)16-15-17-39(3)47-29-30-48-46-28-25-43-36-45(31-33-51(43,4)49(46)32-34-52(47,48)5)56-50(54)18-13-11-9-7-6-8-10-12-14-35-55-44-26-23-42(24-27-44)41-21-19-40(37-53)20-22-41/h19-27,38-39,45-49H,6-18,28-36H2,1-5H3/t39-,45+,46+,47-,48+,49+,51+,52-/m1/s1. The third-order valence-electron chi connectivity index (χ3n) is 15.6. The number of carbonyl (C=O) groups is 1. The van der Waals surface area contributed by atoms with Crippen molar-refractivity contribution in [2.45, 2.75) is 176 Å². The predicted molar refractivity (Wildman–Crippen MR) is 231 cm³/mol. The summed E-state index contributed by atoms with van der Waals surface area (Å²) in [5.74, 6) is 6.12. The summed E-state index contributed by atoms with van der Waals surface area (Å²) in [5.41, 5.74) is 5.39. The summed E-state index contributed by atoms with van der Waals surface area (Å²) < 4.78 is 12.1. The van der Waals surface area contributed by atoms with Crippen molar-refractivity contribution in [2.24, 2.45) is 46.3 Å². The van der Waals surface area contributed by atoms with Crippen LogP contribution in [0.15, 0.2) is 60.2 Å². The lowest BCUT2D eigenvalue weighted by Gasteiger charge is -2.58. The molecule has 0 aliphatic heterocycles. The van der Waals surface area contributed by atoms with Gasteiger partial charge in [-0.1, -0.05) is 135 Å². The van der Waals surface area contributed by atoms with Crippen LogP contribution in [0, 0.1) is 57.7 Å². The number of ether oxygens (including phenoxy) is 2. The van der Waals surface area contributed by atoms with Crippen molar-refractivity contribution in [3.8, 4) is 22.9 Å². The molecule has 0 aromatic heterocycles. The zero-order chi connectivity index (χ0) is 39.5. The number of nitrogens with zero attached hydrogens (tertiary/aromatic N) is 1. The minimum Gasteiger partial charge on any atom is -0.494 e. The molecule has 0 unspecified atom stereocenters. The summed E-state index contributed by atoms with van der Waals surface area (Å²) in [5, 5.41) is 9.00. The van der Waals surface area contributed by atoms with Gasteiger partial charge in [0, 0.05) is 12.8 Å². The van der Waals surface area contributed by atoms with E-state index >= 15 is 0 Å². The molecule has 4 heteroatoms. The number of nitriles is 1. The molecule has 4 aliphatic carbocycles. The van der Waals surface area contributed by atoms with E-state index in [9.17, 15) is 4.79 Å². The van der Waals surface area contributed by atoms with E-state index < -0.39 is 0 Å². The van der Waals surface area contributed by atoms with Crippen molar-refractivity contribution in [3.05, 3.63) is 65.7 Å². The number of allylic oxidation sites excluding steroid dienone is 1. The molecule has 4 aliphatic rings. The molecule has 0 spiro atoms. The van der Waals surface area contributed by atoms with Gasteiger partial charge in [0.1, 0.15) is 11.9 Å². The number of rotatable bonds is 20. The van der Waals surface area contributed by atoms with Gasteiger partial charge in [-0.05, 0) is 140 Å². The van der Waals surface area contributed by atoms with Crippen molar-refractivity contribution < 1.29 is 14.3 Å². The van der Waals surface area contributed by atoms with E-state index in [2.05, 4.69) is 58.9 Å². The van der Waals surface area contributed by atoms with Crippen molar-refractivity contribution in [1.29, 1.82) is 5.26 Å². The Hall–Kier alpha value is -3.06. The number of hydrogen-bond donors (Lipinski definition) is 0. The van der Waals surface area contributed by atoms with Crippen LogP contribution in [-0.4, -0.2) is 18.7 Å². The molecule has 2 aromatic carbocycles. The Bertz CT molecular complexity index is 1600. The van der Waals surface area contributed by atoms with Crippen LogP contribution >= 0.6 is 0 Å². The van der Waals surface area contributed by atoms with Crippen LogP contribution in [-0.2, 0) is 9.53 Å². The average Bonchev–Trinajstić information content (AvgIpc) is 3.56. The van der Waals surface area contributed by atoms with E-state index in [0.717, 1.165) is 91.1 Å². The molecule has 0 saturated heterocycles. The minimum atomic E-state index is 0.0327. The fraction of sp³-hybridized carbons (Fsp3) is 0.692. The normalized spacial score (nSPS) is 28.7. The largest absolute Gasteiger partial charge is 0.494 e. The highest BCUT2D eigenvalue weighted by Gasteiger charge is 2.59. The quantitative estimate of drug-likeness (QED) is 0.0766. The van der Waals surface area contributed by atoms with E-state index in [1.807, 2.05) is 36.4 Å². The Labute approximate surface area is 341 Å². The van der Waals surface area contributed by atoms with Gasteiger partial charge in [-0.25, -0.2) is 0 Å². The number of fused-ring (bicyclic) bond motifs is 5. The molecule has 56 heavy (non-hydrogen) atoms. The Kier molecular flexibility index (Phi) is 15.3. The van der Waals surface area contributed by atoms with E-state index in [1.165, 1.54) is 96.3 Å². The van der Waals surface area contributed by atoms with Gasteiger partial charge in [-0.2, -0.15) is 5.26 Å². The zero-order valence-electron chi connectivity index (χ0n) is 36.0. The molecule has 0 radical (unpaired) electrons. The van der Waals surface area contributed by atoms with Crippen molar-refractivity contribution in [1.82, 2.24) is 0 Å². The maximum Gasteiger partial charge on any atom is 0.306 e. The number of carbonyl (C=O) groups excluding carboxylic acids is 1. The first-order chi connectivity index (χ1) is 27.1. The number of unbranched alkanes of at least 4 members (excludes halogenated alkanes) is 8. The highest BCUT2D eigenvalue weighted by atomic mass is 16.5. The fourth-order valence-electron chi connectivity index (χ4n) is 12.3. The zero-order valence-corrected chi connectivity index (χ0v) is 36.0. The molecule has 0 bridgehead atoms. The molecule has 2 aromatic rings. The molecule has 0 amide bonds. The van der Waals surface area contributed by atoms with Gasteiger partial charge in [-0.3, -0.25) is 4.79 Å². The molecular weight excluding hydrogens is 687 g/mol. The lowest BCUT2D eigenvalue weighted by molar-refractivity contribution is -0.151. The number of benzene rings is 2. The summed E-state index contributed by atoms with van der Waals surface area (Å²) >= 11 is 0. The highest BCUT2D eigenvalue weighted by molar-refractivity contribution is 5.69. The van der Waals surface area contributed by atoms with E-state index in [-0.39, 0.29) is 12.1 Å². The van der Waals surface area contributed by atoms with Crippen LogP contribution in [0.1, 0.15) is 175 Å². The van der Waals surface area contributed by atoms with E-state index in [4.69, 9.17) is 14.7 Å². The Morgan fingerprint density at radius 3 is 2.11 bits per heavy atom. The van der Waals surface area contributed by atoms with Gasteiger partial charge in [0.15, 0.2) is 0 Å². The number of hydrogen-bond acceptors (Lipinski definition) is 4. The fourth-order valence-corrected chi connectivity index (χ4v) is 12.3. The van der Waals surface area contributed by atoms with Gasteiger partial charge < -0.3 is 9.47 Å². The third-order valence-corrected chi connectivity index (χ3v) is 15.6. The van der Waals surface area contributed by atoms with Crippen LogP contribution in [0.5, 0.6) is 5.75 Å². The lowest BCUT2D eigenvalue weighted by Crippen LogP contribution is -2.51. The maximum absolute atomic E-state index is 12.9. The Morgan fingerprint density at radius 1 is 0.768 bits per heavy atom. The Balaban J connectivity index is 0.804. The average molecular weight is 762 g/mol. The van der Waals surface area contributed by atoms with Crippen LogP contribution in [0.3, 0.4) is 0 Å². The summed E-state index contributed by atoms with van der Waals surface area (Å²) in [6.07, 6.45) is 28.4. The van der Waals surface area contributed by atoms with Crippen molar-refractivity contribution >= 4 is 5.97 Å². The summed E-state index contributed by atoms with van der Waals surface area (Å²) in [6, 6.07) is 18.1. The van der Waals surface area contributed by atoms with Crippen LogP contribution < -0.4 is 4.74 Å². The lowest BCUT2D eigenvalue weighted by atomic mass is 9.47. The highest BCUT2D eigenvalue weighted by Crippen LogP contribution is 2.67. The first-order valence-electron chi connectivity index (χ1n) is 23.2. The minimum absolute atomic E-state index is 0.0327. The molecule has 6 rings (SSSR count). The monoisotopic (exact) mass is 762 g/mol. The first kappa shape index (κ1) is 42.5. The van der Waals surface area contributed by atoms with Gasteiger partial charge >= 0.3 is 5.97 Å². The van der Waals surface area contributed by atoms with Crippen molar-refractivity contribution in [3.63, 3.8) is 0 Å². The molecular formula is C52H75NO3. The second-order valence-electron chi connectivity index (χ2n) is 19.6. The van der Waals surface area contributed by atoms with Gasteiger partial charge in [-0.15, -0.1) is 0 Å². The molecule has 306 valence electrons. The van der Waals surface area contributed by atoms with Gasteiger partial charge in [0.2, 0.25) is 0 Å². The molecule has 4 nitrogen and oxygen atoms in total.